The van der Waals surface area contributed by atoms with Crippen LogP contribution in [0.5, 0.6) is 0 Å². The second kappa shape index (κ2) is 9.96. The number of halogens is 1. The van der Waals surface area contributed by atoms with E-state index in [4.69, 9.17) is 0 Å². The summed E-state index contributed by atoms with van der Waals surface area (Å²) in [5.41, 5.74) is 3.41. The number of sulfonamides is 1. The predicted octanol–water partition coefficient (Wildman–Crippen LogP) is 2.11. The van der Waals surface area contributed by atoms with Crippen LogP contribution >= 0.6 is 15.9 Å². The van der Waals surface area contributed by atoms with Crippen molar-refractivity contribution in [1.29, 1.82) is 0 Å². The Labute approximate surface area is 183 Å². The molecule has 2 aromatic rings. The minimum absolute atomic E-state index is 0.154. The van der Waals surface area contributed by atoms with Crippen LogP contribution in [0.4, 0.5) is 0 Å². The van der Waals surface area contributed by atoms with E-state index in [1.54, 1.807) is 0 Å². The van der Waals surface area contributed by atoms with E-state index in [-0.39, 0.29) is 17.0 Å². The fourth-order valence-corrected chi connectivity index (χ4v) is 4.67. The maximum Gasteiger partial charge on any atom is 0.259 e. The fourth-order valence-electron chi connectivity index (χ4n) is 2.89. The van der Waals surface area contributed by atoms with E-state index >= 15 is 0 Å². The molecular weight excluding hydrogens is 472 g/mol. The molecule has 0 radical (unpaired) electrons. The molecule has 1 heterocycles. The monoisotopic (exact) mass is 492 g/mol. The summed E-state index contributed by atoms with van der Waals surface area (Å²) in [5, 5.41) is 6.31. The molecule has 0 aromatic heterocycles. The molecule has 158 valence electrons. The van der Waals surface area contributed by atoms with E-state index in [0.717, 1.165) is 22.9 Å². The molecule has 0 unspecified atom stereocenters. The van der Waals surface area contributed by atoms with Gasteiger partial charge in [0.05, 0.1) is 17.7 Å². The standard InChI is InChI=1S/C20H21BrN4O4S/c21-17-7-3-15(4-8-17)13-23-24-19(26)14-22-20(27)16-5-9-18(10-6-16)30(28,29)25-11-1-2-12-25/h3-10,13H,1-2,11-12,14H2,(H,22,27)(H,24,26). The van der Waals surface area contributed by atoms with Crippen LogP contribution in [0.15, 0.2) is 63.0 Å². The van der Waals surface area contributed by atoms with Gasteiger partial charge in [-0.2, -0.15) is 9.41 Å². The lowest BCUT2D eigenvalue weighted by atomic mass is 10.2. The molecule has 0 aliphatic carbocycles. The van der Waals surface area contributed by atoms with Crippen LogP contribution < -0.4 is 10.7 Å². The van der Waals surface area contributed by atoms with Gasteiger partial charge in [-0.3, -0.25) is 9.59 Å². The topological polar surface area (TPSA) is 108 Å². The summed E-state index contributed by atoms with van der Waals surface area (Å²) in [4.78, 5) is 24.2. The van der Waals surface area contributed by atoms with E-state index in [1.807, 2.05) is 24.3 Å². The average molecular weight is 493 g/mol. The van der Waals surface area contributed by atoms with Crippen molar-refractivity contribution in [1.82, 2.24) is 15.0 Å². The summed E-state index contributed by atoms with van der Waals surface area (Å²) in [5.74, 6) is -0.961. The summed E-state index contributed by atoms with van der Waals surface area (Å²) in [7, 11) is -3.52. The van der Waals surface area contributed by atoms with E-state index in [0.29, 0.717) is 13.1 Å². The first kappa shape index (κ1) is 22.1. The van der Waals surface area contributed by atoms with Gasteiger partial charge >= 0.3 is 0 Å². The molecule has 1 fully saturated rings. The molecule has 1 aliphatic rings. The van der Waals surface area contributed by atoms with Gasteiger partial charge in [-0.05, 0) is 54.8 Å². The maximum absolute atomic E-state index is 12.5. The molecule has 1 saturated heterocycles. The van der Waals surface area contributed by atoms with Crippen LogP contribution in [-0.4, -0.2) is 50.4 Å². The zero-order valence-electron chi connectivity index (χ0n) is 16.0. The summed E-state index contributed by atoms with van der Waals surface area (Å²) < 4.78 is 27.4. The van der Waals surface area contributed by atoms with Gasteiger partial charge in [0.1, 0.15) is 0 Å². The molecule has 0 saturated carbocycles. The third-order valence-corrected chi connectivity index (χ3v) is 6.94. The van der Waals surface area contributed by atoms with Crippen molar-refractivity contribution in [2.75, 3.05) is 19.6 Å². The molecule has 2 aromatic carbocycles. The number of hydrogen-bond donors (Lipinski definition) is 2. The van der Waals surface area contributed by atoms with Gasteiger partial charge in [-0.1, -0.05) is 28.1 Å². The highest BCUT2D eigenvalue weighted by Crippen LogP contribution is 2.21. The van der Waals surface area contributed by atoms with Crippen molar-refractivity contribution >= 4 is 44.0 Å². The van der Waals surface area contributed by atoms with E-state index in [9.17, 15) is 18.0 Å². The van der Waals surface area contributed by atoms with Crippen LogP contribution in [0.1, 0.15) is 28.8 Å². The molecule has 8 nitrogen and oxygen atoms in total. The lowest BCUT2D eigenvalue weighted by molar-refractivity contribution is -0.120. The van der Waals surface area contributed by atoms with Crippen molar-refractivity contribution in [3.8, 4) is 0 Å². The van der Waals surface area contributed by atoms with Gasteiger partial charge in [0, 0.05) is 23.1 Å². The van der Waals surface area contributed by atoms with Crippen LogP contribution in [0.2, 0.25) is 0 Å². The zero-order chi connectivity index (χ0) is 21.6. The van der Waals surface area contributed by atoms with Gasteiger partial charge in [0.25, 0.3) is 11.8 Å². The Morgan fingerprint density at radius 1 is 1.03 bits per heavy atom. The number of amides is 2. The Bertz CT molecular complexity index is 1030. The SMILES string of the molecule is O=C(CNC(=O)c1ccc(S(=O)(=O)N2CCCC2)cc1)NN=Cc1ccc(Br)cc1. The summed E-state index contributed by atoms with van der Waals surface area (Å²) in [6, 6.07) is 13.0. The highest BCUT2D eigenvalue weighted by molar-refractivity contribution is 9.10. The number of carbonyl (C=O) groups excluding carboxylic acids is 2. The highest BCUT2D eigenvalue weighted by Gasteiger charge is 2.27. The smallest absolute Gasteiger partial charge is 0.259 e. The number of rotatable bonds is 7. The predicted molar refractivity (Wildman–Crippen MR) is 117 cm³/mol. The lowest BCUT2D eigenvalue weighted by Gasteiger charge is -2.15. The molecule has 30 heavy (non-hydrogen) atoms. The second-order valence-corrected chi connectivity index (χ2v) is 9.52. The highest BCUT2D eigenvalue weighted by atomic mass is 79.9. The van der Waals surface area contributed by atoms with Crippen LogP contribution in [-0.2, 0) is 14.8 Å². The molecule has 0 atom stereocenters. The Balaban J connectivity index is 1.49. The van der Waals surface area contributed by atoms with Gasteiger partial charge in [-0.15, -0.1) is 0 Å². The summed E-state index contributed by atoms with van der Waals surface area (Å²) in [6.07, 6.45) is 3.20. The summed E-state index contributed by atoms with van der Waals surface area (Å²) >= 11 is 3.33. The van der Waals surface area contributed by atoms with Gasteiger partial charge < -0.3 is 5.32 Å². The normalized spacial score (nSPS) is 14.7. The van der Waals surface area contributed by atoms with Gasteiger partial charge in [0.2, 0.25) is 10.0 Å². The Hall–Kier alpha value is -2.56. The Kier molecular flexibility index (Phi) is 7.35. The van der Waals surface area contributed by atoms with Crippen molar-refractivity contribution in [3.63, 3.8) is 0 Å². The van der Waals surface area contributed by atoms with E-state index < -0.39 is 21.8 Å². The van der Waals surface area contributed by atoms with Crippen LogP contribution in [0.25, 0.3) is 0 Å². The Morgan fingerprint density at radius 2 is 1.67 bits per heavy atom. The van der Waals surface area contributed by atoms with Crippen LogP contribution in [0.3, 0.4) is 0 Å². The first-order valence-corrected chi connectivity index (χ1v) is 11.6. The number of hydrogen-bond acceptors (Lipinski definition) is 5. The molecule has 2 amide bonds. The summed E-state index contributed by atoms with van der Waals surface area (Å²) in [6.45, 7) is 0.776. The first-order chi connectivity index (χ1) is 14.4. The third-order valence-electron chi connectivity index (χ3n) is 4.50. The molecule has 0 spiro atoms. The quantitative estimate of drug-likeness (QED) is 0.455. The van der Waals surface area contributed by atoms with Crippen molar-refractivity contribution in [3.05, 3.63) is 64.1 Å². The minimum Gasteiger partial charge on any atom is -0.343 e. The van der Waals surface area contributed by atoms with Crippen molar-refractivity contribution in [2.45, 2.75) is 17.7 Å². The van der Waals surface area contributed by atoms with E-state index in [2.05, 4.69) is 31.8 Å². The molecule has 0 bridgehead atoms. The average Bonchev–Trinajstić information content (AvgIpc) is 3.29. The number of nitrogens with zero attached hydrogens (tertiary/aromatic N) is 2. The molecular formula is C20H21BrN4O4S. The number of carbonyl (C=O) groups is 2. The molecule has 2 N–H and O–H groups in total. The Morgan fingerprint density at radius 3 is 2.30 bits per heavy atom. The second-order valence-electron chi connectivity index (χ2n) is 6.66. The zero-order valence-corrected chi connectivity index (χ0v) is 18.4. The molecule has 10 heteroatoms. The third kappa shape index (κ3) is 5.74. The van der Waals surface area contributed by atoms with Gasteiger partial charge in [-0.25, -0.2) is 13.8 Å². The van der Waals surface area contributed by atoms with Crippen molar-refractivity contribution < 1.29 is 18.0 Å². The number of nitrogens with one attached hydrogen (secondary N) is 2. The van der Waals surface area contributed by atoms with E-state index in [1.165, 1.54) is 34.8 Å². The number of hydrazone groups is 1. The fraction of sp³-hybridized carbons (Fsp3) is 0.250. The largest absolute Gasteiger partial charge is 0.343 e. The molecule has 3 rings (SSSR count). The van der Waals surface area contributed by atoms with Gasteiger partial charge in [0.15, 0.2) is 0 Å². The van der Waals surface area contributed by atoms with Crippen LogP contribution in [0, 0.1) is 0 Å². The maximum atomic E-state index is 12.5. The number of benzene rings is 2. The molecule has 1 aliphatic heterocycles. The lowest BCUT2D eigenvalue weighted by Crippen LogP contribution is -2.35. The first-order valence-electron chi connectivity index (χ1n) is 9.32. The minimum atomic E-state index is -3.52. The van der Waals surface area contributed by atoms with Crippen molar-refractivity contribution in [2.24, 2.45) is 5.10 Å².